The Balaban J connectivity index is 2.60. The van der Waals surface area contributed by atoms with Gasteiger partial charge in [0.15, 0.2) is 0 Å². The molecule has 2 N–H and O–H groups in total. The number of nitrogens with one attached hydrogen (secondary N) is 1. The highest BCUT2D eigenvalue weighted by Crippen LogP contribution is 2.23. The first kappa shape index (κ1) is 16.5. The molecular weight excluding hydrogens is 301 g/mol. The number of benzene rings is 1. The zero-order valence-corrected chi connectivity index (χ0v) is 12.6. The quantitative estimate of drug-likeness (QED) is 0.820. The summed E-state index contributed by atoms with van der Waals surface area (Å²) in [6.45, 7) is 3.13. The van der Waals surface area contributed by atoms with Crippen LogP contribution in [0.1, 0.15) is 19.4 Å². The summed E-state index contributed by atoms with van der Waals surface area (Å²) in [5.74, 6) is -1.34. The third kappa shape index (κ3) is 4.87. The minimum atomic E-state index is -1.01. The van der Waals surface area contributed by atoms with Crippen LogP contribution >= 0.6 is 23.2 Å². The molecule has 0 heterocycles. The van der Waals surface area contributed by atoms with Crippen molar-refractivity contribution in [2.45, 2.75) is 13.8 Å². The van der Waals surface area contributed by atoms with Crippen LogP contribution in [-0.2, 0) is 9.59 Å². The predicted octanol–water partition coefficient (Wildman–Crippen LogP) is 3.23. The molecule has 1 rings (SSSR count). The molecule has 0 fully saturated rings. The van der Waals surface area contributed by atoms with E-state index in [-0.39, 0.29) is 12.5 Å². The summed E-state index contributed by atoms with van der Waals surface area (Å²) in [7, 11) is 0. The average molecular weight is 316 g/mol. The monoisotopic (exact) mass is 315 g/mol. The number of carboxylic acids is 1. The van der Waals surface area contributed by atoms with Crippen molar-refractivity contribution in [3.8, 4) is 0 Å². The maximum atomic E-state index is 11.6. The predicted molar refractivity (Wildman–Crippen MR) is 79.9 cm³/mol. The Hall–Kier alpha value is -1.52. The zero-order valence-electron chi connectivity index (χ0n) is 11.1. The average Bonchev–Trinajstić information content (AvgIpc) is 2.37. The van der Waals surface area contributed by atoms with Gasteiger partial charge in [0.1, 0.15) is 0 Å². The van der Waals surface area contributed by atoms with Gasteiger partial charge in [-0.2, -0.15) is 0 Å². The number of carbonyl (C=O) groups excluding carboxylic acids is 1. The van der Waals surface area contributed by atoms with Gasteiger partial charge >= 0.3 is 5.97 Å². The fraction of sp³-hybridized carbons (Fsp3) is 0.286. The molecule has 0 atom stereocenters. The van der Waals surface area contributed by atoms with Gasteiger partial charge in [-0.1, -0.05) is 29.3 Å². The molecule has 0 unspecified atom stereocenters. The van der Waals surface area contributed by atoms with Crippen molar-refractivity contribution in [3.63, 3.8) is 0 Å². The van der Waals surface area contributed by atoms with Gasteiger partial charge in [-0.25, -0.2) is 0 Å². The van der Waals surface area contributed by atoms with Crippen molar-refractivity contribution < 1.29 is 14.7 Å². The van der Waals surface area contributed by atoms with Gasteiger partial charge in [-0.15, -0.1) is 0 Å². The van der Waals surface area contributed by atoms with Crippen LogP contribution in [0.15, 0.2) is 24.3 Å². The number of aliphatic carboxylic acids is 1. The third-order valence-corrected chi connectivity index (χ3v) is 3.39. The van der Waals surface area contributed by atoms with Crippen LogP contribution in [0, 0.1) is 5.41 Å². The van der Waals surface area contributed by atoms with E-state index >= 15 is 0 Å². The lowest BCUT2D eigenvalue weighted by atomic mass is 9.94. The van der Waals surface area contributed by atoms with Crippen molar-refractivity contribution >= 4 is 41.2 Å². The van der Waals surface area contributed by atoms with Crippen LogP contribution in [0.5, 0.6) is 0 Å². The molecular formula is C14H15Cl2NO3. The topological polar surface area (TPSA) is 66.4 Å². The first-order chi connectivity index (χ1) is 9.22. The highest BCUT2D eigenvalue weighted by atomic mass is 35.5. The molecule has 0 aliphatic carbocycles. The van der Waals surface area contributed by atoms with Gasteiger partial charge in [0.05, 0.1) is 15.5 Å². The normalized spacial score (nSPS) is 11.6. The zero-order chi connectivity index (χ0) is 15.3. The second kappa shape index (κ2) is 6.77. The van der Waals surface area contributed by atoms with E-state index in [0.29, 0.717) is 10.0 Å². The minimum Gasteiger partial charge on any atom is -0.481 e. The first-order valence-corrected chi connectivity index (χ1v) is 6.62. The Morgan fingerprint density at radius 1 is 1.30 bits per heavy atom. The molecule has 0 radical (unpaired) electrons. The van der Waals surface area contributed by atoms with E-state index in [1.165, 1.54) is 19.9 Å². The molecule has 6 heteroatoms. The summed E-state index contributed by atoms with van der Waals surface area (Å²) in [6, 6.07) is 4.99. The standard InChI is InChI=1S/C14H15Cl2NO3/c1-14(2,13(19)20)8-17-12(18)6-4-9-3-5-10(15)11(16)7-9/h3-7H,8H2,1-2H3,(H,17,18)(H,19,20)/b6-4+. The molecule has 1 aromatic carbocycles. The summed E-state index contributed by atoms with van der Waals surface area (Å²) < 4.78 is 0. The lowest BCUT2D eigenvalue weighted by molar-refractivity contribution is -0.146. The summed E-state index contributed by atoms with van der Waals surface area (Å²) >= 11 is 11.6. The second-order valence-corrected chi connectivity index (χ2v) is 5.73. The highest BCUT2D eigenvalue weighted by molar-refractivity contribution is 6.42. The van der Waals surface area contributed by atoms with Crippen LogP contribution in [-0.4, -0.2) is 23.5 Å². The Morgan fingerprint density at radius 3 is 2.50 bits per heavy atom. The first-order valence-electron chi connectivity index (χ1n) is 5.87. The van der Waals surface area contributed by atoms with Crippen molar-refractivity contribution in [3.05, 3.63) is 39.9 Å². The third-order valence-electron chi connectivity index (χ3n) is 2.65. The summed E-state index contributed by atoms with van der Waals surface area (Å²) in [6.07, 6.45) is 2.89. The van der Waals surface area contributed by atoms with Crippen LogP contribution < -0.4 is 5.32 Å². The van der Waals surface area contributed by atoms with E-state index in [1.807, 2.05) is 0 Å². The number of amides is 1. The molecule has 0 saturated heterocycles. The lowest BCUT2D eigenvalue weighted by Gasteiger charge is -2.18. The molecule has 4 nitrogen and oxygen atoms in total. The summed E-state index contributed by atoms with van der Waals surface area (Å²) in [5.41, 5.74) is -0.278. The van der Waals surface area contributed by atoms with Gasteiger partial charge in [0.2, 0.25) is 5.91 Å². The molecule has 0 saturated carbocycles. The fourth-order valence-electron chi connectivity index (χ4n) is 1.23. The molecule has 1 aromatic rings. The largest absolute Gasteiger partial charge is 0.481 e. The lowest BCUT2D eigenvalue weighted by Crippen LogP contribution is -2.38. The van der Waals surface area contributed by atoms with E-state index in [0.717, 1.165) is 5.56 Å². The molecule has 0 aromatic heterocycles. The Morgan fingerprint density at radius 2 is 1.95 bits per heavy atom. The van der Waals surface area contributed by atoms with Crippen LogP contribution in [0.4, 0.5) is 0 Å². The Bertz CT molecular complexity index is 553. The minimum absolute atomic E-state index is 0.0485. The van der Waals surface area contributed by atoms with Crippen LogP contribution in [0.2, 0.25) is 10.0 Å². The summed E-state index contributed by atoms with van der Waals surface area (Å²) in [4.78, 5) is 22.5. The smallest absolute Gasteiger partial charge is 0.310 e. The van der Waals surface area contributed by atoms with Crippen LogP contribution in [0.3, 0.4) is 0 Å². The molecule has 1 amide bonds. The van der Waals surface area contributed by atoms with Gasteiger partial charge in [0.25, 0.3) is 0 Å². The molecule has 0 spiro atoms. The number of hydrogen-bond acceptors (Lipinski definition) is 2. The number of carbonyl (C=O) groups is 2. The molecule has 0 aliphatic rings. The van der Waals surface area contributed by atoms with Gasteiger partial charge in [-0.3, -0.25) is 9.59 Å². The van der Waals surface area contributed by atoms with E-state index in [1.54, 1.807) is 24.3 Å². The number of hydrogen-bond donors (Lipinski definition) is 2. The molecule has 0 bridgehead atoms. The van der Waals surface area contributed by atoms with Crippen molar-refractivity contribution in [1.29, 1.82) is 0 Å². The Labute approximate surface area is 127 Å². The number of rotatable bonds is 5. The summed E-state index contributed by atoms with van der Waals surface area (Å²) in [5, 5.41) is 12.3. The SMILES string of the molecule is CC(C)(CNC(=O)/C=C/c1ccc(Cl)c(Cl)c1)C(=O)O. The van der Waals surface area contributed by atoms with E-state index in [9.17, 15) is 9.59 Å². The van der Waals surface area contributed by atoms with E-state index in [4.69, 9.17) is 28.3 Å². The van der Waals surface area contributed by atoms with E-state index in [2.05, 4.69) is 5.32 Å². The van der Waals surface area contributed by atoms with Crippen molar-refractivity contribution in [2.75, 3.05) is 6.54 Å². The fourth-order valence-corrected chi connectivity index (χ4v) is 1.54. The van der Waals surface area contributed by atoms with Crippen LogP contribution in [0.25, 0.3) is 6.08 Å². The van der Waals surface area contributed by atoms with Gasteiger partial charge in [0, 0.05) is 12.6 Å². The van der Waals surface area contributed by atoms with E-state index < -0.39 is 11.4 Å². The van der Waals surface area contributed by atoms with Crippen molar-refractivity contribution in [1.82, 2.24) is 5.32 Å². The molecule has 20 heavy (non-hydrogen) atoms. The molecule has 0 aliphatic heterocycles. The second-order valence-electron chi connectivity index (χ2n) is 4.91. The number of halogens is 2. The Kier molecular flexibility index (Phi) is 5.60. The van der Waals surface area contributed by atoms with Crippen molar-refractivity contribution in [2.24, 2.45) is 5.41 Å². The maximum absolute atomic E-state index is 11.6. The highest BCUT2D eigenvalue weighted by Gasteiger charge is 2.27. The molecule has 108 valence electrons. The van der Waals surface area contributed by atoms with Gasteiger partial charge in [-0.05, 0) is 37.6 Å². The maximum Gasteiger partial charge on any atom is 0.310 e. The van der Waals surface area contributed by atoms with Gasteiger partial charge < -0.3 is 10.4 Å². The number of carboxylic acid groups (broad SMARTS) is 1.